The first-order valence-electron chi connectivity index (χ1n) is 8.16. The van der Waals surface area contributed by atoms with E-state index >= 15 is 0 Å². The summed E-state index contributed by atoms with van der Waals surface area (Å²) in [6, 6.07) is 23.8. The number of benzene rings is 3. The molecule has 0 saturated heterocycles. The number of ether oxygens (including phenoxy) is 1. The van der Waals surface area contributed by atoms with Crippen molar-refractivity contribution in [2.45, 2.75) is 26.6 Å². The smallest absolute Gasteiger partial charge is 0.120 e. The van der Waals surface area contributed by atoms with Crippen LogP contribution in [0, 0.1) is 13.8 Å². The van der Waals surface area contributed by atoms with E-state index in [-0.39, 0.29) is 0 Å². The van der Waals surface area contributed by atoms with E-state index in [0.717, 1.165) is 28.0 Å². The average molecular weight is 318 g/mol. The molecule has 0 bridgehead atoms. The maximum Gasteiger partial charge on any atom is 0.120 e. The quantitative estimate of drug-likeness (QED) is 0.720. The highest BCUT2D eigenvalue weighted by Gasteiger charge is 2.14. The predicted octanol–water partition coefficient (Wildman–Crippen LogP) is 4.96. The van der Waals surface area contributed by atoms with Gasteiger partial charge in [0.15, 0.2) is 0 Å². The van der Waals surface area contributed by atoms with Crippen LogP contribution in [0.1, 0.15) is 33.9 Å². The first-order valence-corrected chi connectivity index (χ1v) is 8.16. The minimum atomic E-state index is -0.648. The fraction of sp³-hybridized carbons (Fsp3) is 0.182. The Morgan fingerprint density at radius 2 is 1.62 bits per heavy atom. The van der Waals surface area contributed by atoms with Crippen LogP contribution in [-0.4, -0.2) is 5.11 Å². The summed E-state index contributed by atoms with van der Waals surface area (Å²) in [6.45, 7) is 4.62. The van der Waals surface area contributed by atoms with Gasteiger partial charge in [-0.2, -0.15) is 0 Å². The Labute approximate surface area is 143 Å². The summed E-state index contributed by atoms with van der Waals surface area (Å²) in [4.78, 5) is 0. The lowest BCUT2D eigenvalue weighted by atomic mass is 9.95. The molecule has 0 saturated carbocycles. The van der Waals surface area contributed by atoms with Gasteiger partial charge in [0, 0.05) is 0 Å². The van der Waals surface area contributed by atoms with Crippen molar-refractivity contribution in [3.05, 3.63) is 101 Å². The van der Waals surface area contributed by atoms with Crippen LogP contribution in [0.3, 0.4) is 0 Å². The van der Waals surface area contributed by atoms with Crippen molar-refractivity contribution in [1.82, 2.24) is 0 Å². The van der Waals surface area contributed by atoms with Gasteiger partial charge >= 0.3 is 0 Å². The molecule has 3 rings (SSSR count). The zero-order valence-corrected chi connectivity index (χ0v) is 14.1. The fourth-order valence-electron chi connectivity index (χ4n) is 2.76. The first kappa shape index (κ1) is 16.3. The number of aryl methyl sites for hydroxylation is 1. The third kappa shape index (κ3) is 3.66. The molecule has 1 N–H and O–H groups in total. The lowest BCUT2D eigenvalue weighted by Crippen LogP contribution is -2.04. The van der Waals surface area contributed by atoms with Crippen LogP contribution in [0.2, 0.25) is 0 Å². The van der Waals surface area contributed by atoms with Crippen LogP contribution in [0.15, 0.2) is 72.8 Å². The van der Waals surface area contributed by atoms with Gasteiger partial charge in [-0.1, -0.05) is 60.7 Å². The Bertz CT molecular complexity index is 809. The third-order valence-electron chi connectivity index (χ3n) is 4.36. The summed E-state index contributed by atoms with van der Waals surface area (Å²) in [7, 11) is 0. The van der Waals surface area contributed by atoms with Gasteiger partial charge in [0.2, 0.25) is 0 Å². The second kappa shape index (κ2) is 7.33. The molecule has 2 heteroatoms. The highest BCUT2D eigenvalue weighted by molar-refractivity contribution is 5.41. The second-order valence-electron chi connectivity index (χ2n) is 6.04. The van der Waals surface area contributed by atoms with Crippen LogP contribution >= 0.6 is 0 Å². The second-order valence-corrected chi connectivity index (χ2v) is 6.04. The molecule has 122 valence electrons. The van der Waals surface area contributed by atoms with Crippen LogP contribution in [0.4, 0.5) is 0 Å². The summed E-state index contributed by atoms with van der Waals surface area (Å²) in [5.41, 5.74) is 5.21. The lowest BCUT2D eigenvalue weighted by molar-refractivity contribution is 0.218. The van der Waals surface area contributed by atoms with Gasteiger partial charge in [-0.05, 0) is 53.8 Å². The zero-order valence-electron chi connectivity index (χ0n) is 14.1. The third-order valence-corrected chi connectivity index (χ3v) is 4.36. The van der Waals surface area contributed by atoms with Crippen molar-refractivity contribution in [3.63, 3.8) is 0 Å². The SMILES string of the molecule is Cc1cccc(C(O)c2cccc(OCc3ccccc3)c2)c1C. The van der Waals surface area contributed by atoms with E-state index in [1.165, 1.54) is 5.56 Å². The van der Waals surface area contributed by atoms with E-state index in [4.69, 9.17) is 4.74 Å². The van der Waals surface area contributed by atoms with E-state index in [1.54, 1.807) is 0 Å². The number of aliphatic hydroxyl groups excluding tert-OH is 1. The van der Waals surface area contributed by atoms with Gasteiger partial charge < -0.3 is 9.84 Å². The van der Waals surface area contributed by atoms with Gasteiger partial charge in [-0.3, -0.25) is 0 Å². The van der Waals surface area contributed by atoms with Gasteiger partial charge in [-0.15, -0.1) is 0 Å². The van der Waals surface area contributed by atoms with Crippen LogP contribution in [-0.2, 0) is 6.61 Å². The van der Waals surface area contributed by atoms with E-state index in [0.29, 0.717) is 6.61 Å². The molecule has 0 spiro atoms. The molecule has 0 aliphatic rings. The Morgan fingerprint density at radius 1 is 0.875 bits per heavy atom. The zero-order chi connectivity index (χ0) is 16.9. The van der Waals surface area contributed by atoms with Crippen LogP contribution in [0.25, 0.3) is 0 Å². The fourth-order valence-corrected chi connectivity index (χ4v) is 2.76. The van der Waals surface area contributed by atoms with Crippen LogP contribution < -0.4 is 4.74 Å². The van der Waals surface area contributed by atoms with Gasteiger partial charge in [0.25, 0.3) is 0 Å². The molecule has 0 heterocycles. The lowest BCUT2D eigenvalue weighted by Gasteiger charge is -2.16. The molecule has 0 aromatic heterocycles. The molecule has 1 atom stereocenters. The van der Waals surface area contributed by atoms with Crippen molar-refractivity contribution in [2.75, 3.05) is 0 Å². The molecule has 0 amide bonds. The topological polar surface area (TPSA) is 29.5 Å². The van der Waals surface area contributed by atoms with Crippen molar-refractivity contribution >= 4 is 0 Å². The van der Waals surface area contributed by atoms with Gasteiger partial charge in [0.05, 0.1) is 0 Å². The maximum absolute atomic E-state index is 10.8. The molecule has 0 aliphatic heterocycles. The van der Waals surface area contributed by atoms with E-state index in [9.17, 15) is 5.11 Å². The highest BCUT2D eigenvalue weighted by Crippen LogP contribution is 2.28. The van der Waals surface area contributed by atoms with Gasteiger partial charge in [0.1, 0.15) is 18.5 Å². The van der Waals surface area contributed by atoms with E-state index in [2.05, 4.69) is 13.0 Å². The van der Waals surface area contributed by atoms with Gasteiger partial charge in [-0.25, -0.2) is 0 Å². The molecular formula is C22H22O2. The van der Waals surface area contributed by atoms with E-state index < -0.39 is 6.10 Å². The molecule has 0 aliphatic carbocycles. The number of hydrogen-bond donors (Lipinski definition) is 1. The molecule has 3 aromatic rings. The summed E-state index contributed by atoms with van der Waals surface area (Å²) >= 11 is 0. The largest absolute Gasteiger partial charge is 0.489 e. The van der Waals surface area contributed by atoms with Crippen molar-refractivity contribution in [3.8, 4) is 5.75 Å². The summed E-state index contributed by atoms with van der Waals surface area (Å²) in [6.07, 6.45) is -0.648. The van der Waals surface area contributed by atoms with Crippen LogP contribution in [0.5, 0.6) is 5.75 Å². The average Bonchev–Trinajstić information content (AvgIpc) is 2.63. The number of aliphatic hydroxyl groups is 1. The summed E-state index contributed by atoms with van der Waals surface area (Å²) in [5.74, 6) is 0.765. The molecule has 0 fully saturated rings. The molecule has 1 unspecified atom stereocenters. The Balaban J connectivity index is 1.78. The maximum atomic E-state index is 10.8. The van der Waals surface area contributed by atoms with Crippen molar-refractivity contribution < 1.29 is 9.84 Å². The Hall–Kier alpha value is -2.58. The number of hydrogen-bond acceptors (Lipinski definition) is 2. The molecule has 3 aromatic carbocycles. The molecule has 2 nitrogen and oxygen atoms in total. The summed E-state index contributed by atoms with van der Waals surface area (Å²) in [5, 5.41) is 10.8. The monoisotopic (exact) mass is 318 g/mol. The molecule has 24 heavy (non-hydrogen) atoms. The highest BCUT2D eigenvalue weighted by atomic mass is 16.5. The molecular weight excluding hydrogens is 296 g/mol. The predicted molar refractivity (Wildman–Crippen MR) is 97.2 cm³/mol. The standard InChI is InChI=1S/C22H22O2/c1-16-8-6-13-21(17(16)2)22(23)19-11-7-12-20(14-19)24-15-18-9-4-3-5-10-18/h3-14,22-23H,15H2,1-2H3. The Morgan fingerprint density at radius 3 is 2.42 bits per heavy atom. The molecule has 0 radical (unpaired) electrons. The Kier molecular flexibility index (Phi) is 4.97. The van der Waals surface area contributed by atoms with E-state index in [1.807, 2.05) is 73.7 Å². The van der Waals surface area contributed by atoms with Crippen molar-refractivity contribution in [1.29, 1.82) is 0 Å². The normalized spacial score (nSPS) is 12.0. The minimum absolute atomic E-state index is 0.518. The summed E-state index contributed by atoms with van der Waals surface area (Å²) < 4.78 is 5.86. The number of rotatable bonds is 5. The van der Waals surface area contributed by atoms with Crippen molar-refractivity contribution in [2.24, 2.45) is 0 Å². The minimum Gasteiger partial charge on any atom is -0.489 e. The first-order chi connectivity index (χ1) is 11.6.